The molecule has 7 heteroatoms. The van der Waals surface area contributed by atoms with E-state index in [4.69, 9.17) is 28.3 Å². The van der Waals surface area contributed by atoms with Crippen LogP contribution in [0, 0.1) is 6.92 Å². The van der Waals surface area contributed by atoms with Crippen LogP contribution in [0.5, 0.6) is 0 Å². The van der Waals surface area contributed by atoms with Gasteiger partial charge >= 0.3 is 5.97 Å². The van der Waals surface area contributed by atoms with Crippen LogP contribution in [0.4, 0.5) is 5.69 Å². The van der Waals surface area contributed by atoms with Crippen molar-refractivity contribution in [3.63, 3.8) is 0 Å². The summed E-state index contributed by atoms with van der Waals surface area (Å²) in [5.74, 6) is -1.64. The number of rotatable bonds is 3. The maximum Gasteiger partial charge on any atom is 0.354 e. The number of nitrogens with zero attached hydrogens (tertiary/aromatic N) is 1. The van der Waals surface area contributed by atoms with E-state index in [1.165, 1.54) is 18.3 Å². The zero-order valence-electron chi connectivity index (χ0n) is 10.9. The molecule has 1 heterocycles. The van der Waals surface area contributed by atoms with Crippen molar-refractivity contribution in [2.24, 2.45) is 0 Å². The molecule has 0 bridgehead atoms. The number of hydrogen-bond acceptors (Lipinski definition) is 3. The van der Waals surface area contributed by atoms with Crippen LogP contribution in [0.1, 0.15) is 26.4 Å². The zero-order chi connectivity index (χ0) is 15.6. The summed E-state index contributed by atoms with van der Waals surface area (Å²) in [6.07, 6.45) is 1.18. The number of halogens is 2. The Morgan fingerprint density at radius 1 is 1.19 bits per heavy atom. The van der Waals surface area contributed by atoms with Crippen LogP contribution >= 0.6 is 23.2 Å². The number of benzene rings is 1. The summed E-state index contributed by atoms with van der Waals surface area (Å²) in [5.41, 5.74) is 1.15. The third-order valence-electron chi connectivity index (χ3n) is 2.77. The Morgan fingerprint density at radius 2 is 1.90 bits per heavy atom. The molecule has 2 rings (SSSR count). The molecule has 2 N–H and O–H groups in total. The van der Waals surface area contributed by atoms with Crippen LogP contribution in [0.3, 0.4) is 0 Å². The van der Waals surface area contributed by atoms with Gasteiger partial charge in [-0.3, -0.25) is 4.79 Å². The van der Waals surface area contributed by atoms with Crippen LogP contribution in [0.15, 0.2) is 30.5 Å². The molecule has 0 atom stereocenters. The normalized spacial score (nSPS) is 10.2. The van der Waals surface area contributed by atoms with E-state index in [1.807, 2.05) is 0 Å². The smallest absolute Gasteiger partial charge is 0.354 e. The minimum Gasteiger partial charge on any atom is -0.477 e. The van der Waals surface area contributed by atoms with Gasteiger partial charge in [0.15, 0.2) is 0 Å². The van der Waals surface area contributed by atoms with Gasteiger partial charge in [-0.2, -0.15) is 0 Å². The van der Waals surface area contributed by atoms with Gasteiger partial charge in [0.1, 0.15) is 5.69 Å². The summed E-state index contributed by atoms with van der Waals surface area (Å²) in [6, 6.07) is 5.98. The molecule has 0 saturated heterocycles. The molecule has 0 spiro atoms. The van der Waals surface area contributed by atoms with Crippen molar-refractivity contribution in [1.29, 1.82) is 0 Å². The summed E-state index contributed by atoms with van der Waals surface area (Å²) in [5, 5.41) is 12.0. The second kappa shape index (κ2) is 6.11. The number of aromatic nitrogens is 1. The van der Waals surface area contributed by atoms with Crippen molar-refractivity contribution in [2.75, 3.05) is 5.32 Å². The second-order valence-electron chi connectivity index (χ2n) is 4.24. The largest absolute Gasteiger partial charge is 0.477 e. The third-order valence-corrected chi connectivity index (χ3v) is 3.57. The third kappa shape index (κ3) is 3.32. The van der Waals surface area contributed by atoms with Crippen LogP contribution < -0.4 is 5.32 Å². The van der Waals surface area contributed by atoms with Crippen molar-refractivity contribution in [2.45, 2.75) is 6.92 Å². The van der Waals surface area contributed by atoms with E-state index < -0.39 is 11.9 Å². The Balaban J connectivity index is 2.26. The first-order valence-corrected chi connectivity index (χ1v) is 6.61. The molecular formula is C14H10Cl2N2O3. The van der Waals surface area contributed by atoms with Gasteiger partial charge in [-0.15, -0.1) is 0 Å². The van der Waals surface area contributed by atoms with Gasteiger partial charge in [0.05, 0.1) is 21.3 Å². The molecule has 1 aromatic carbocycles. The van der Waals surface area contributed by atoms with Crippen LogP contribution in [-0.4, -0.2) is 22.0 Å². The predicted molar refractivity (Wildman–Crippen MR) is 80.3 cm³/mol. The van der Waals surface area contributed by atoms with E-state index >= 15 is 0 Å². The number of hydrogen-bond donors (Lipinski definition) is 2. The molecule has 0 aliphatic carbocycles. The van der Waals surface area contributed by atoms with E-state index in [9.17, 15) is 9.59 Å². The fourth-order valence-corrected chi connectivity index (χ4v) is 2.08. The maximum absolute atomic E-state index is 12.1. The Morgan fingerprint density at radius 3 is 2.48 bits per heavy atom. The van der Waals surface area contributed by atoms with Gasteiger partial charge in [-0.25, -0.2) is 9.78 Å². The number of pyridine rings is 1. The molecule has 0 aliphatic rings. The molecule has 5 nitrogen and oxygen atoms in total. The number of carboxylic acid groups (broad SMARTS) is 1. The monoisotopic (exact) mass is 324 g/mol. The molecule has 0 radical (unpaired) electrons. The Hall–Kier alpha value is -2.11. The zero-order valence-corrected chi connectivity index (χ0v) is 12.4. The first-order chi connectivity index (χ1) is 9.90. The van der Waals surface area contributed by atoms with E-state index in [-0.39, 0.29) is 11.3 Å². The van der Waals surface area contributed by atoms with Gasteiger partial charge in [0.25, 0.3) is 5.91 Å². The lowest BCUT2D eigenvalue weighted by atomic mass is 10.2. The number of carbonyl (C=O) groups is 2. The van der Waals surface area contributed by atoms with Gasteiger partial charge < -0.3 is 10.4 Å². The summed E-state index contributed by atoms with van der Waals surface area (Å²) < 4.78 is 0. The minimum absolute atomic E-state index is 0.141. The number of nitrogens with one attached hydrogen (secondary N) is 1. The van der Waals surface area contributed by atoms with E-state index in [1.54, 1.807) is 19.1 Å². The summed E-state index contributed by atoms with van der Waals surface area (Å²) in [6.45, 7) is 1.79. The highest BCUT2D eigenvalue weighted by Gasteiger charge is 2.14. The van der Waals surface area contributed by atoms with E-state index in [0.29, 0.717) is 15.7 Å². The van der Waals surface area contributed by atoms with Crippen molar-refractivity contribution < 1.29 is 14.7 Å². The van der Waals surface area contributed by atoms with Crippen molar-refractivity contribution in [3.05, 3.63) is 57.3 Å². The molecule has 0 saturated carbocycles. The van der Waals surface area contributed by atoms with Gasteiger partial charge in [-0.05, 0) is 30.7 Å². The lowest BCUT2D eigenvalue weighted by Crippen LogP contribution is -2.14. The summed E-state index contributed by atoms with van der Waals surface area (Å²) in [4.78, 5) is 26.5. The fraction of sp³-hybridized carbons (Fsp3) is 0.0714. The highest BCUT2D eigenvalue weighted by Crippen LogP contribution is 2.33. The number of aryl methyl sites for hydroxylation is 1. The quantitative estimate of drug-likeness (QED) is 0.903. The number of carboxylic acids is 1. The molecule has 108 valence electrons. The summed E-state index contributed by atoms with van der Waals surface area (Å²) >= 11 is 12.1. The lowest BCUT2D eigenvalue weighted by molar-refractivity contribution is 0.0690. The van der Waals surface area contributed by atoms with E-state index in [0.717, 1.165) is 5.56 Å². The topological polar surface area (TPSA) is 79.3 Å². The Kier molecular flexibility index (Phi) is 4.45. The molecule has 2 aromatic rings. The first kappa shape index (κ1) is 15.3. The average Bonchev–Trinajstić information content (AvgIpc) is 2.47. The van der Waals surface area contributed by atoms with Crippen LogP contribution in [0.25, 0.3) is 0 Å². The molecule has 0 unspecified atom stereocenters. The Labute approximate surface area is 130 Å². The predicted octanol–water partition coefficient (Wildman–Crippen LogP) is 3.65. The Bertz CT molecular complexity index is 715. The molecule has 0 aliphatic heterocycles. The fourth-order valence-electron chi connectivity index (χ4n) is 1.61. The average molecular weight is 325 g/mol. The maximum atomic E-state index is 12.1. The molecule has 1 amide bonds. The number of amides is 1. The van der Waals surface area contributed by atoms with Crippen LogP contribution in [0.2, 0.25) is 10.0 Å². The standard InChI is InChI=1S/C14H10Cl2N2O3/c1-7-2-4-9(15)12(11(7)16)18-13(19)8-3-5-10(14(20)21)17-6-8/h2-6H,1H3,(H,18,19)(H,20,21). The van der Waals surface area contributed by atoms with Gasteiger partial charge in [-0.1, -0.05) is 29.3 Å². The second-order valence-corrected chi connectivity index (χ2v) is 5.03. The van der Waals surface area contributed by atoms with Crippen molar-refractivity contribution >= 4 is 40.8 Å². The molecule has 1 aromatic heterocycles. The van der Waals surface area contributed by atoms with E-state index in [2.05, 4.69) is 10.3 Å². The number of carbonyl (C=O) groups excluding carboxylic acids is 1. The number of aromatic carboxylic acids is 1. The SMILES string of the molecule is Cc1ccc(Cl)c(NC(=O)c2ccc(C(=O)O)nc2)c1Cl. The minimum atomic E-state index is -1.16. The highest BCUT2D eigenvalue weighted by atomic mass is 35.5. The van der Waals surface area contributed by atoms with Crippen molar-refractivity contribution in [1.82, 2.24) is 4.98 Å². The van der Waals surface area contributed by atoms with Crippen molar-refractivity contribution in [3.8, 4) is 0 Å². The molecule has 21 heavy (non-hydrogen) atoms. The van der Waals surface area contributed by atoms with Crippen LogP contribution in [-0.2, 0) is 0 Å². The first-order valence-electron chi connectivity index (χ1n) is 5.85. The van der Waals surface area contributed by atoms with Gasteiger partial charge in [0.2, 0.25) is 0 Å². The molecule has 0 fully saturated rings. The van der Waals surface area contributed by atoms with Gasteiger partial charge in [0, 0.05) is 6.20 Å². The number of anilines is 1. The highest BCUT2D eigenvalue weighted by molar-refractivity contribution is 6.40. The summed E-state index contributed by atoms with van der Waals surface area (Å²) in [7, 11) is 0. The lowest BCUT2D eigenvalue weighted by Gasteiger charge is -2.11. The molecular weight excluding hydrogens is 315 g/mol.